The molecule has 0 aromatic heterocycles. The summed E-state index contributed by atoms with van der Waals surface area (Å²) >= 11 is 0. The lowest BCUT2D eigenvalue weighted by Crippen LogP contribution is -2.33. The van der Waals surface area contributed by atoms with Gasteiger partial charge in [-0.2, -0.15) is 0 Å². The maximum atomic E-state index is 5.52. The van der Waals surface area contributed by atoms with E-state index in [0.29, 0.717) is 0 Å². The molecule has 0 heterocycles. The maximum Gasteiger partial charge on any atom is 0.0690 e. The SMILES string of the molecule is CNCCC(C)(OC)C1CC1. The normalized spacial score (nSPS) is 23.2. The molecule has 0 spiro atoms. The summed E-state index contributed by atoms with van der Waals surface area (Å²) in [5, 5.41) is 3.16. The Balaban J connectivity index is 2.31. The van der Waals surface area contributed by atoms with Gasteiger partial charge >= 0.3 is 0 Å². The van der Waals surface area contributed by atoms with Crippen LogP contribution in [0, 0.1) is 5.92 Å². The zero-order valence-electron chi connectivity index (χ0n) is 7.81. The maximum absolute atomic E-state index is 5.52. The molecule has 0 radical (unpaired) electrons. The number of hydrogen-bond acceptors (Lipinski definition) is 2. The van der Waals surface area contributed by atoms with Gasteiger partial charge in [-0.1, -0.05) is 0 Å². The first-order valence-corrected chi connectivity index (χ1v) is 4.42. The minimum absolute atomic E-state index is 0.142. The second kappa shape index (κ2) is 3.55. The third kappa shape index (κ3) is 2.17. The summed E-state index contributed by atoms with van der Waals surface area (Å²) in [6.45, 7) is 3.28. The van der Waals surface area contributed by atoms with Crippen molar-refractivity contribution in [2.75, 3.05) is 20.7 Å². The molecule has 0 bridgehead atoms. The van der Waals surface area contributed by atoms with E-state index in [9.17, 15) is 0 Å². The van der Waals surface area contributed by atoms with E-state index in [1.54, 1.807) is 0 Å². The lowest BCUT2D eigenvalue weighted by Gasteiger charge is -2.27. The van der Waals surface area contributed by atoms with Gasteiger partial charge < -0.3 is 10.1 Å². The molecule has 0 aromatic rings. The fraction of sp³-hybridized carbons (Fsp3) is 1.00. The summed E-state index contributed by atoms with van der Waals surface area (Å²) in [6.07, 6.45) is 3.84. The van der Waals surface area contributed by atoms with Gasteiger partial charge in [0.05, 0.1) is 5.60 Å². The first-order valence-electron chi connectivity index (χ1n) is 4.42. The lowest BCUT2D eigenvalue weighted by molar-refractivity contribution is -0.0192. The lowest BCUT2D eigenvalue weighted by atomic mass is 9.96. The van der Waals surface area contributed by atoms with Crippen molar-refractivity contribution >= 4 is 0 Å². The van der Waals surface area contributed by atoms with Gasteiger partial charge in [-0.25, -0.2) is 0 Å². The largest absolute Gasteiger partial charge is 0.378 e. The standard InChI is InChI=1S/C9H19NO/c1-9(11-3,6-7-10-2)8-4-5-8/h8,10H,4-7H2,1-3H3. The monoisotopic (exact) mass is 157 g/mol. The summed E-state index contributed by atoms with van der Waals surface area (Å²) in [5.74, 6) is 0.820. The van der Waals surface area contributed by atoms with Crippen molar-refractivity contribution in [1.82, 2.24) is 5.32 Å². The van der Waals surface area contributed by atoms with E-state index in [1.165, 1.54) is 12.8 Å². The molecule has 1 N–H and O–H groups in total. The van der Waals surface area contributed by atoms with E-state index in [0.717, 1.165) is 18.9 Å². The minimum atomic E-state index is 0.142. The van der Waals surface area contributed by atoms with Gasteiger partial charge in [-0.05, 0) is 45.7 Å². The van der Waals surface area contributed by atoms with Gasteiger partial charge in [-0.15, -0.1) is 0 Å². The molecule has 2 nitrogen and oxygen atoms in total. The summed E-state index contributed by atoms with van der Waals surface area (Å²) in [6, 6.07) is 0. The second-order valence-electron chi connectivity index (χ2n) is 3.64. The van der Waals surface area contributed by atoms with Crippen molar-refractivity contribution in [3.05, 3.63) is 0 Å². The highest BCUT2D eigenvalue weighted by Crippen LogP contribution is 2.43. The van der Waals surface area contributed by atoms with E-state index < -0.39 is 0 Å². The minimum Gasteiger partial charge on any atom is -0.378 e. The molecule has 1 fully saturated rings. The summed E-state index contributed by atoms with van der Waals surface area (Å²) < 4.78 is 5.52. The molecule has 0 aliphatic heterocycles. The topological polar surface area (TPSA) is 21.3 Å². The molecular weight excluding hydrogens is 138 g/mol. The molecule has 0 saturated heterocycles. The predicted molar refractivity (Wildman–Crippen MR) is 46.7 cm³/mol. The predicted octanol–water partition coefficient (Wildman–Crippen LogP) is 1.41. The molecular formula is C9H19NO. The van der Waals surface area contributed by atoms with Crippen LogP contribution in [0.4, 0.5) is 0 Å². The van der Waals surface area contributed by atoms with Crippen molar-refractivity contribution in [1.29, 1.82) is 0 Å². The molecule has 1 atom stereocenters. The number of rotatable bonds is 5. The molecule has 2 heteroatoms. The van der Waals surface area contributed by atoms with Gasteiger partial charge in [0.1, 0.15) is 0 Å². The Morgan fingerprint density at radius 2 is 2.18 bits per heavy atom. The van der Waals surface area contributed by atoms with Gasteiger partial charge in [0.25, 0.3) is 0 Å². The van der Waals surface area contributed by atoms with Crippen LogP contribution in [0.5, 0.6) is 0 Å². The smallest absolute Gasteiger partial charge is 0.0690 e. The third-order valence-electron chi connectivity index (χ3n) is 2.78. The van der Waals surface area contributed by atoms with Crippen molar-refractivity contribution < 1.29 is 4.74 Å². The van der Waals surface area contributed by atoms with E-state index in [2.05, 4.69) is 12.2 Å². The summed E-state index contributed by atoms with van der Waals surface area (Å²) in [4.78, 5) is 0. The fourth-order valence-corrected chi connectivity index (χ4v) is 1.54. The Morgan fingerprint density at radius 3 is 2.55 bits per heavy atom. The number of nitrogens with one attached hydrogen (secondary N) is 1. The molecule has 66 valence electrons. The molecule has 0 aromatic carbocycles. The van der Waals surface area contributed by atoms with Gasteiger partial charge in [0.15, 0.2) is 0 Å². The first-order chi connectivity index (χ1) is 5.23. The van der Waals surface area contributed by atoms with Crippen molar-refractivity contribution in [2.45, 2.75) is 31.8 Å². The van der Waals surface area contributed by atoms with Crippen LogP contribution < -0.4 is 5.32 Å². The van der Waals surface area contributed by atoms with Gasteiger partial charge in [0, 0.05) is 7.11 Å². The highest BCUT2D eigenvalue weighted by atomic mass is 16.5. The van der Waals surface area contributed by atoms with Crippen LogP contribution in [0.1, 0.15) is 26.2 Å². The van der Waals surface area contributed by atoms with E-state index in [1.807, 2.05) is 14.2 Å². The Labute approximate surface area is 69.3 Å². The number of methoxy groups -OCH3 is 1. The third-order valence-corrected chi connectivity index (χ3v) is 2.78. The van der Waals surface area contributed by atoms with Crippen molar-refractivity contribution in [3.8, 4) is 0 Å². The van der Waals surface area contributed by atoms with Crippen LogP contribution in [0.2, 0.25) is 0 Å². The van der Waals surface area contributed by atoms with Gasteiger partial charge in [-0.3, -0.25) is 0 Å². The highest BCUT2D eigenvalue weighted by molar-refractivity contribution is 4.92. The molecule has 1 rings (SSSR count). The zero-order chi connectivity index (χ0) is 8.32. The van der Waals surface area contributed by atoms with Crippen LogP contribution >= 0.6 is 0 Å². The average molecular weight is 157 g/mol. The Hall–Kier alpha value is -0.0800. The molecule has 1 saturated carbocycles. The molecule has 1 aliphatic rings. The molecule has 0 amide bonds. The number of hydrogen-bond donors (Lipinski definition) is 1. The number of ether oxygens (including phenoxy) is 1. The highest BCUT2D eigenvalue weighted by Gasteiger charge is 2.40. The van der Waals surface area contributed by atoms with Crippen LogP contribution in [0.15, 0.2) is 0 Å². The Morgan fingerprint density at radius 1 is 1.55 bits per heavy atom. The van der Waals surface area contributed by atoms with Gasteiger partial charge in [0.2, 0.25) is 0 Å². The van der Waals surface area contributed by atoms with Crippen LogP contribution in [0.3, 0.4) is 0 Å². The summed E-state index contributed by atoms with van der Waals surface area (Å²) in [7, 11) is 3.82. The van der Waals surface area contributed by atoms with E-state index in [-0.39, 0.29) is 5.60 Å². The molecule has 1 aliphatic carbocycles. The van der Waals surface area contributed by atoms with Crippen LogP contribution in [-0.4, -0.2) is 26.3 Å². The molecule has 1 unspecified atom stereocenters. The van der Waals surface area contributed by atoms with Crippen molar-refractivity contribution in [3.63, 3.8) is 0 Å². The first kappa shape index (κ1) is 9.01. The van der Waals surface area contributed by atoms with E-state index in [4.69, 9.17) is 4.74 Å². The van der Waals surface area contributed by atoms with Crippen LogP contribution in [-0.2, 0) is 4.74 Å². The zero-order valence-corrected chi connectivity index (χ0v) is 7.81. The van der Waals surface area contributed by atoms with Crippen molar-refractivity contribution in [2.24, 2.45) is 5.92 Å². The molecule has 11 heavy (non-hydrogen) atoms. The Kier molecular flexibility index (Phi) is 2.90. The van der Waals surface area contributed by atoms with E-state index >= 15 is 0 Å². The average Bonchev–Trinajstić information content (AvgIpc) is 2.82. The quantitative estimate of drug-likeness (QED) is 0.651. The Bertz CT molecular complexity index is 123. The fourth-order valence-electron chi connectivity index (χ4n) is 1.54. The second-order valence-corrected chi connectivity index (χ2v) is 3.64. The summed E-state index contributed by atoms with van der Waals surface area (Å²) in [5.41, 5.74) is 0.142. The van der Waals surface area contributed by atoms with Crippen LogP contribution in [0.25, 0.3) is 0 Å².